The molecule has 134 valence electrons. The lowest BCUT2D eigenvalue weighted by Crippen LogP contribution is -2.34. The van der Waals surface area contributed by atoms with Gasteiger partial charge in [-0.3, -0.25) is 4.79 Å². The predicted octanol–water partition coefficient (Wildman–Crippen LogP) is 2.51. The van der Waals surface area contributed by atoms with E-state index < -0.39 is 9.84 Å². The Hall–Kier alpha value is -2.18. The minimum atomic E-state index is -3.25. The molecular weight excluding hydrogens is 336 g/mol. The Kier molecular flexibility index (Phi) is 6.33. The van der Waals surface area contributed by atoms with E-state index in [4.69, 9.17) is 0 Å². The minimum absolute atomic E-state index is 0.0418. The van der Waals surface area contributed by atoms with Crippen LogP contribution in [-0.2, 0) is 9.84 Å². The third-order valence-electron chi connectivity index (χ3n) is 4.12. The Balaban J connectivity index is 2.06. The Morgan fingerprint density at radius 3 is 2.16 bits per heavy atom. The van der Waals surface area contributed by atoms with Gasteiger partial charge in [0.15, 0.2) is 9.84 Å². The highest BCUT2D eigenvalue weighted by Crippen LogP contribution is 2.17. The van der Waals surface area contributed by atoms with E-state index in [2.05, 4.69) is 5.32 Å². The number of hydrogen-bond acceptors (Lipinski definition) is 4. The van der Waals surface area contributed by atoms with E-state index in [1.54, 1.807) is 19.1 Å². The van der Waals surface area contributed by atoms with Gasteiger partial charge in [0.05, 0.1) is 16.7 Å². The fourth-order valence-electron chi connectivity index (χ4n) is 2.55. The van der Waals surface area contributed by atoms with E-state index >= 15 is 0 Å². The van der Waals surface area contributed by atoms with Crippen molar-refractivity contribution in [3.05, 3.63) is 65.7 Å². The predicted molar refractivity (Wildman–Crippen MR) is 99.4 cm³/mol. The van der Waals surface area contributed by atoms with Gasteiger partial charge in [0.2, 0.25) is 0 Å². The largest absolute Gasteiger partial charge is 0.350 e. The van der Waals surface area contributed by atoms with Crippen LogP contribution in [0.5, 0.6) is 0 Å². The van der Waals surface area contributed by atoms with Crippen molar-refractivity contribution in [1.29, 1.82) is 0 Å². The average Bonchev–Trinajstić information content (AvgIpc) is 2.62. The van der Waals surface area contributed by atoms with Gasteiger partial charge in [0.25, 0.3) is 5.91 Å². The van der Waals surface area contributed by atoms with Crippen molar-refractivity contribution in [1.82, 2.24) is 10.2 Å². The summed E-state index contributed by atoms with van der Waals surface area (Å²) in [4.78, 5) is 14.6. The number of hydrogen-bond donors (Lipinski definition) is 1. The van der Waals surface area contributed by atoms with Crippen LogP contribution in [0.25, 0.3) is 0 Å². The first kappa shape index (κ1) is 19.1. The van der Waals surface area contributed by atoms with Crippen LogP contribution in [0.3, 0.4) is 0 Å². The normalized spacial score (nSPS) is 12.8. The van der Waals surface area contributed by atoms with Gasteiger partial charge in [-0.1, -0.05) is 37.3 Å². The fourth-order valence-corrected chi connectivity index (χ4v) is 3.43. The van der Waals surface area contributed by atoms with Crippen LogP contribution >= 0.6 is 0 Å². The SMILES string of the molecule is CCS(=O)(=O)c1ccc(C(=O)NCC(c2ccccc2)N(C)C)cc1. The highest BCUT2D eigenvalue weighted by Gasteiger charge is 2.16. The van der Waals surface area contributed by atoms with Gasteiger partial charge in [0.1, 0.15) is 0 Å². The summed E-state index contributed by atoms with van der Waals surface area (Å²) in [5.74, 6) is -0.177. The van der Waals surface area contributed by atoms with E-state index in [9.17, 15) is 13.2 Å². The molecule has 0 spiro atoms. The van der Waals surface area contributed by atoms with Crippen LogP contribution in [0, 0.1) is 0 Å². The maximum Gasteiger partial charge on any atom is 0.251 e. The molecule has 0 aliphatic rings. The monoisotopic (exact) mass is 360 g/mol. The van der Waals surface area contributed by atoms with Crippen LogP contribution in [0.2, 0.25) is 0 Å². The summed E-state index contributed by atoms with van der Waals surface area (Å²) in [5, 5.41) is 2.92. The Morgan fingerprint density at radius 1 is 1.04 bits per heavy atom. The van der Waals surface area contributed by atoms with Crippen molar-refractivity contribution in [3.8, 4) is 0 Å². The molecule has 0 fully saturated rings. The number of carbonyl (C=O) groups is 1. The van der Waals surface area contributed by atoms with Crippen LogP contribution in [-0.4, -0.2) is 45.6 Å². The molecule has 0 bridgehead atoms. The first-order valence-electron chi connectivity index (χ1n) is 8.17. The molecule has 6 heteroatoms. The third kappa shape index (κ3) is 4.90. The third-order valence-corrected chi connectivity index (χ3v) is 5.87. The van der Waals surface area contributed by atoms with Crippen LogP contribution < -0.4 is 5.32 Å². The second-order valence-corrected chi connectivity index (χ2v) is 8.31. The number of rotatable bonds is 7. The number of nitrogens with zero attached hydrogens (tertiary/aromatic N) is 1. The topological polar surface area (TPSA) is 66.5 Å². The van der Waals surface area contributed by atoms with Gasteiger partial charge in [-0.05, 0) is 43.9 Å². The summed E-state index contributed by atoms with van der Waals surface area (Å²) >= 11 is 0. The summed E-state index contributed by atoms with van der Waals surface area (Å²) in [7, 11) is 0.681. The van der Waals surface area contributed by atoms with E-state index in [0.717, 1.165) is 5.56 Å². The van der Waals surface area contributed by atoms with Gasteiger partial charge in [-0.2, -0.15) is 0 Å². The molecular formula is C19H24N2O3S. The molecule has 0 heterocycles. The summed E-state index contributed by atoms with van der Waals surface area (Å²) in [6.45, 7) is 2.06. The van der Waals surface area contributed by atoms with E-state index in [1.807, 2.05) is 49.3 Å². The number of sulfone groups is 1. The van der Waals surface area contributed by atoms with Gasteiger partial charge < -0.3 is 10.2 Å². The second kappa shape index (κ2) is 8.27. The smallest absolute Gasteiger partial charge is 0.251 e. The van der Waals surface area contributed by atoms with Crippen molar-refractivity contribution < 1.29 is 13.2 Å². The summed E-state index contributed by atoms with van der Waals surface area (Å²) in [6, 6.07) is 16.1. The molecule has 25 heavy (non-hydrogen) atoms. The molecule has 2 rings (SSSR count). The molecule has 0 aliphatic heterocycles. The Labute approximate surface area is 149 Å². The van der Waals surface area contributed by atoms with Crippen LogP contribution in [0.15, 0.2) is 59.5 Å². The average molecular weight is 360 g/mol. The number of carbonyl (C=O) groups excluding carboxylic acids is 1. The molecule has 2 aromatic rings. The molecule has 0 radical (unpaired) electrons. The van der Waals surface area contributed by atoms with E-state index in [-0.39, 0.29) is 22.6 Å². The molecule has 1 amide bonds. The van der Waals surface area contributed by atoms with Gasteiger partial charge in [-0.15, -0.1) is 0 Å². The zero-order chi connectivity index (χ0) is 18.4. The Morgan fingerprint density at radius 2 is 1.64 bits per heavy atom. The molecule has 0 aromatic heterocycles. The number of nitrogens with one attached hydrogen (secondary N) is 1. The molecule has 0 saturated heterocycles. The van der Waals surface area contributed by atoms with Gasteiger partial charge in [-0.25, -0.2) is 8.42 Å². The first-order valence-corrected chi connectivity index (χ1v) is 9.82. The van der Waals surface area contributed by atoms with Crippen molar-refractivity contribution in [2.45, 2.75) is 17.9 Å². The summed E-state index contributed by atoms with van der Waals surface area (Å²) in [6.07, 6.45) is 0. The minimum Gasteiger partial charge on any atom is -0.350 e. The molecule has 1 unspecified atom stereocenters. The quantitative estimate of drug-likeness (QED) is 0.824. The second-order valence-electron chi connectivity index (χ2n) is 6.03. The lowest BCUT2D eigenvalue weighted by atomic mass is 10.1. The fraction of sp³-hybridized carbons (Fsp3) is 0.316. The zero-order valence-electron chi connectivity index (χ0n) is 14.8. The summed E-state index contributed by atoms with van der Waals surface area (Å²) in [5.41, 5.74) is 1.57. The Bertz CT molecular complexity index is 800. The van der Waals surface area contributed by atoms with Crippen molar-refractivity contribution >= 4 is 15.7 Å². The molecule has 0 aliphatic carbocycles. The summed E-state index contributed by atoms with van der Waals surface area (Å²) < 4.78 is 23.6. The molecule has 0 saturated carbocycles. The standard InChI is InChI=1S/C19H24N2O3S/c1-4-25(23,24)17-12-10-16(11-13-17)19(22)20-14-18(21(2)3)15-8-6-5-7-9-15/h5-13,18H,4,14H2,1-3H3,(H,20,22). The number of benzene rings is 2. The van der Waals surface area contributed by atoms with E-state index in [0.29, 0.717) is 12.1 Å². The molecule has 1 N–H and O–H groups in total. The van der Waals surface area contributed by atoms with Crippen LogP contribution in [0.1, 0.15) is 28.9 Å². The number of likely N-dealkylation sites (N-methyl/N-ethyl adjacent to an activating group) is 1. The molecule has 2 aromatic carbocycles. The van der Waals surface area contributed by atoms with Crippen molar-refractivity contribution in [2.24, 2.45) is 0 Å². The van der Waals surface area contributed by atoms with Crippen molar-refractivity contribution in [3.63, 3.8) is 0 Å². The maximum absolute atomic E-state index is 12.4. The zero-order valence-corrected chi connectivity index (χ0v) is 15.6. The van der Waals surface area contributed by atoms with Crippen molar-refractivity contribution in [2.75, 3.05) is 26.4 Å². The molecule has 5 nitrogen and oxygen atoms in total. The molecule has 1 atom stereocenters. The lowest BCUT2D eigenvalue weighted by Gasteiger charge is -2.25. The maximum atomic E-state index is 12.4. The number of amides is 1. The first-order chi connectivity index (χ1) is 11.8. The lowest BCUT2D eigenvalue weighted by molar-refractivity contribution is 0.0942. The van der Waals surface area contributed by atoms with Gasteiger partial charge in [0, 0.05) is 12.1 Å². The van der Waals surface area contributed by atoms with E-state index in [1.165, 1.54) is 12.1 Å². The highest BCUT2D eigenvalue weighted by molar-refractivity contribution is 7.91. The van der Waals surface area contributed by atoms with Gasteiger partial charge >= 0.3 is 0 Å². The highest BCUT2D eigenvalue weighted by atomic mass is 32.2. The van der Waals surface area contributed by atoms with Crippen LogP contribution in [0.4, 0.5) is 0 Å².